The van der Waals surface area contributed by atoms with E-state index in [2.05, 4.69) is 20.1 Å². The third kappa shape index (κ3) is 5.09. The van der Waals surface area contributed by atoms with Crippen molar-refractivity contribution in [2.24, 2.45) is 0 Å². The summed E-state index contributed by atoms with van der Waals surface area (Å²) in [5.74, 6) is 0. The molecule has 0 amide bonds. The first-order valence-corrected chi connectivity index (χ1v) is 3.09. The van der Waals surface area contributed by atoms with Crippen LogP contribution in [0.1, 0.15) is 20.3 Å². The van der Waals surface area contributed by atoms with E-state index in [9.17, 15) is 0 Å². The van der Waals surface area contributed by atoms with E-state index in [1.54, 1.807) is 6.08 Å². The van der Waals surface area contributed by atoms with E-state index >= 15 is 0 Å². The number of rotatable bonds is 3. The second-order valence-corrected chi connectivity index (χ2v) is 2.38. The largest absolute Gasteiger partial charge is 0.0998 e. The SMILES string of the molecule is C=CC=C(C)CC(=C)C. The van der Waals surface area contributed by atoms with Gasteiger partial charge in [-0.15, -0.1) is 0 Å². The number of hydrogen-bond acceptors (Lipinski definition) is 0. The molecule has 0 heteroatoms. The van der Waals surface area contributed by atoms with Gasteiger partial charge >= 0.3 is 0 Å². The summed E-state index contributed by atoms with van der Waals surface area (Å²) in [6, 6.07) is 0. The van der Waals surface area contributed by atoms with Crippen LogP contribution in [0.25, 0.3) is 0 Å². The molecular formula is C9H14. The van der Waals surface area contributed by atoms with E-state index in [1.807, 2.05) is 13.0 Å². The summed E-state index contributed by atoms with van der Waals surface area (Å²) in [6.07, 6.45) is 4.80. The Kier molecular flexibility index (Phi) is 3.78. The third-order valence-electron chi connectivity index (χ3n) is 0.983. The Balaban J connectivity index is 3.75. The van der Waals surface area contributed by atoms with Crippen LogP contribution in [0.5, 0.6) is 0 Å². The van der Waals surface area contributed by atoms with Crippen LogP contribution in [0.3, 0.4) is 0 Å². The van der Waals surface area contributed by atoms with Gasteiger partial charge in [0.15, 0.2) is 0 Å². The molecule has 50 valence electrons. The van der Waals surface area contributed by atoms with Crippen LogP contribution in [-0.4, -0.2) is 0 Å². The summed E-state index contributed by atoms with van der Waals surface area (Å²) in [5, 5.41) is 0. The lowest BCUT2D eigenvalue weighted by atomic mass is 10.1. The minimum atomic E-state index is 0.992. The number of allylic oxidation sites excluding steroid dienone is 4. The summed E-state index contributed by atoms with van der Waals surface area (Å²) in [5.41, 5.74) is 2.52. The molecule has 0 fully saturated rings. The molecule has 0 saturated heterocycles. The monoisotopic (exact) mass is 122 g/mol. The van der Waals surface area contributed by atoms with Crippen LogP contribution in [0.2, 0.25) is 0 Å². The van der Waals surface area contributed by atoms with Crippen molar-refractivity contribution >= 4 is 0 Å². The Morgan fingerprint density at radius 3 is 2.33 bits per heavy atom. The first-order valence-electron chi connectivity index (χ1n) is 3.09. The maximum atomic E-state index is 3.80. The highest BCUT2D eigenvalue weighted by atomic mass is 13.9. The quantitative estimate of drug-likeness (QED) is 0.398. The van der Waals surface area contributed by atoms with Crippen LogP contribution < -0.4 is 0 Å². The predicted octanol–water partition coefficient (Wildman–Crippen LogP) is 3.08. The van der Waals surface area contributed by atoms with Crippen molar-refractivity contribution in [2.45, 2.75) is 20.3 Å². The second kappa shape index (κ2) is 4.13. The highest BCUT2D eigenvalue weighted by molar-refractivity contribution is 5.13. The molecule has 0 aliphatic heterocycles. The van der Waals surface area contributed by atoms with Gasteiger partial charge in [-0.2, -0.15) is 0 Å². The maximum absolute atomic E-state index is 3.80. The smallest absolute Gasteiger partial charge is 0.0114 e. The van der Waals surface area contributed by atoms with Gasteiger partial charge in [0, 0.05) is 0 Å². The fraction of sp³-hybridized carbons (Fsp3) is 0.333. The lowest BCUT2D eigenvalue weighted by Crippen LogP contribution is -1.75. The zero-order valence-electron chi connectivity index (χ0n) is 6.28. The molecule has 0 bridgehead atoms. The minimum Gasteiger partial charge on any atom is -0.0998 e. The van der Waals surface area contributed by atoms with Crippen LogP contribution in [0.15, 0.2) is 36.5 Å². The Bertz CT molecular complexity index is 138. The normalized spacial score (nSPS) is 11.1. The highest BCUT2D eigenvalue weighted by Gasteiger charge is 1.86. The van der Waals surface area contributed by atoms with Crippen LogP contribution >= 0.6 is 0 Å². The van der Waals surface area contributed by atoms with E-state index in [1.165, 1.54) is 11.1 Å². The molecule has 0 N–H and O–H groups in total. The van der Waals surface area contributed by atoms with Crippen molar-refractivity contribution in [1.82, 2.24) is 0 Å². The minimum absolute atomic E-state index is 0.992. The Morgan fingerprint density at radius 2 is 2.00 bits per heavy atom. The van der Waals surface area contributed by atoms with E-state index in [0.717, 1.165) is 6.42 Å². The average Bonchev–Trinajstić information content (AvgIpc) is 1.63. The van der Waals surface area contributed by atoms with Gasteiger partial charge in [-0.1, -0.05) is 36.5 Å². The van der Waals surface area contributed by atoms with Gasteiger partial charge in [-0.3, -0.25) is 0 Å². The van der Waals surface area contributed by atoms with Gasteiger partial charge in [-0.05, 0) is 20.3 Å². The zero-order valence-corrected chi connectivity index (χ0v) is 6.28. The molecule has 0 aromatic heterocycles. The zero-order chi connectivity index (χ0) is 7.28. The fourth-order valence-electron chi connectivity index (χ4n) is 0.736. The molecular weight excluding hydrogens is 108 g/mol. The molecule has 0 atom stereocenters. The molecule has 0 aliphatic carbocycles. The molecule has 0 unspecified atom stereocenters. The molecule has 0 aliphatic rings. The summed E-state index contributed by atoms with van der Waals surface area (Å²) in [4.78, 5) is 0. The second-order valence-electron chi connectivity index (χ2n) is 2.38. The van der Waals surface area contributed by atoms with E-state index in [4.69, 9.17) is 0 Å². The molecule has 0 aromatic rings. The fourth-order valence-corrected chi connectivity index (χ4v) is 0.736. The van der Waals surface area contributed by atoms with Crippen LogP contribution in [-0.2, 0) is 0 Å². The van der Waals surface area contributed by atoms with Gasteiger partial charge in [0.2, 0.25) is 0 Å². The van der Waals surface area contributed by atoms with Gasteiger partial charge in [0.1, 0.15) is 0 Å². The topological polar surface area (TPSA) is 0 Å². The third-order valence-corrected chi connectivity index (χ3v) is 0.983. The van der Waals surface area contributed by atoms with Crippen LogP contribution in [0.4, 0.5) is 0 Å². The first-order chi connectivity index (χ1) is 4.16. The summed E-state index contributed by atoms with van der Waals surface area (Å²) >= 11 is 0. The molecule has 0 spiro atoms. The van der Waals surface area contributed by atoms with Crippen LogP contribution in [0, 0.1) is 0 Å². The number of hydrogen-bond donors (Lipinski definition) is 0. The van der Waals surface area contributed by atoms with Crippen molar-refractivity contribution in [1.29, 1.82) is 0 Å². The highest BCUT2D eigenvalue weighted by Crippen LogP contribution is 2.06. The molecule has 0 rings (SSSR count). The Hall–Kier alpha value is -0.780. The lowest BCUT2D eigenvalue weighted by Gasteiger charge is -1.96. The molecule has 0 nitrogen and oxygen atoms in total. The first kappa shape index (κ1) is 8.22. The standard InChI is InChI=1S/C9H14/c1-5-6-9(4)7-8(2)3/h5-6H,1-2,7H2,3-4H3. The van der Waals surface area contributed by atoms with Gasteiger partial charge in [0.25, 0.3) is 0 Å². The Morgan fingerprint density at radius 1 is 1.44 bits per heavy atom. The Labute approximate surface area is 57.6 Å². The van der Waals surface area contributed by atoms with E-state index in [-0.39, 0.29) is 0 Å². The van der Waals surface area contributed by atoms with Gasteiger partial charge in [0.05, 0.1) is 0 Å². The molecule has 0 heterocycles. The van der Waals surface area contributed by atoms with Gasteiger partial charge in [-0.25, -0.2) is 0 Å². The molecule has 9 heavy (non-hydrogen) atoms. The van der Waals surface area contributed by atoms with Gasteiger partial charge < -0.3 is 0 Å². The molecule has 0 aromatic carbocycles. The van der Waals surface area contributed by atoms with Crippen molar-refractivity contribution in [3.63, 3.8) is 0 Å². The summed E-state index contributed by atoms with van der Waals surface area (Å²) in [6.45, 7) is 11.5. The van der Waals surface area contributed by atoms with Crippen molar-refractivity contribution in [2.75, 3.05) is 0 Å². The molecule has 0 saturated carbocycles. The summed E-state index contributed by atoms with van der Waals surface area (Å²) in [7, 11) is 0. The maximum Gasteiger partial charge on any atom is -0.0114 e. The van der Waals surface area contributed by atoms with Crippen molar-refractivity contribution in [3.05, 3.63) is 36.5 Å². The van der Waals surface area contributed by atoms with E-state index in [0.29, 0.717) is 0 Å². The average molecular weight is 122 g/mol. The summed E-state index contributed by atoms with van der Waals surface area (Å²) < 4.78 is 0. The lowest BCUT2D eigenvalue weighted by molar-refractivity contribution is 1.12. The predicted molar refractivity (Wildman–Crippen MR) is 43.4 cm³/mol. The van der Waals surface area contributed by atoms with Crippen molar-refractivity contribution < 1.29 is 0 Å². The van der Waals surface area contributed by atoms with E-state index < -0.39 is 0 Å². The molecule has 0 radical (unpaired) electrons. The van der Waals surface area contributed by atoms with Crippen molar-refractivity contribution in [3.8, 4) is 0 Å².